The van der Waals surface area contributed by atoms with Crippen molar-refractivity contribution in [1.29, 1.82) is 0 Å². The number of nitrogens with zero attached hydrogens (tertiary/aromatic N) is 3. The third kappa shape index (κ3) is 4.18. The number of halogens is 1. The van der Waals surface area contributed by atoms with Crippen molar-refractivity contribution in [1.82, 2.24) is 14.7 Å². The van der Waals surface area contributed by atoms with Crippen LogP contribution in [0.15, 0.2) is 42.7 Å². The molecule has 3 rings (SSSR count). The van der Waals surface area contributed by atoms with Crippen molar-refractivity contribution in [2.24, 2.45) is 5.92 Å². The largest absolute Gasteiger partial charge is 0.341 e. The predicted octanol–water partition coefficient (Wildman–Crippen LogP) is 2.89. The van der Waals surface area contributed by atoms with Gasteiger partial charge in [-0.2, -0.15) is 5.10 Å². The summed E-state index contributed by atoms with van der Waals surface area (Å²) < 4.78 is 15.3. The number of piperidine rings is 1. The first-order valence-corrected chi connectivity index (χ1v) is 8.21. The molecule has 0 radical (unpaired) electrons. The molecule has 1 saturated heterocycles. The maximum absolute atomic E-state index is 13.7. The van der Waals surface area contributed by atoms with Gasteiger partial charge in [-0.25, -0.2) is 4.39 Å². The zero-order chi connectivity index (χ0) is 16.1. The van der Waals surface area contributed by atoms with Crippen LogP contribution in [0.2, 0.25) is 0 Å². The second-order valence-corrected chi connectivity index (χ2v) is 6.18. The maximum atomic E-state index is 13.7. The van der Waals surface area contributed by atoms with Crippen molar-refractivity contribution in [3.05, 3.63) is 54.1 Å². The highest BCUT2D eigenvalue weighted by molar-refractivity contribution is 5.76. The number of hydrogen-bond donors (Lipinski definition) is 0. The van der Waals surface area contributed by atoms with Crippen molar-refractivity contribution in [2.45, 2.75) is 32.2 Å². The van der Waals surface area contributed by atoms with Crippen molar-refractivity contribution in [3.63, 3.8) is 0 Å². The van der Waals surface area contributed by atoms with E-state index in [1.807, 2.05) is 23.1 Å². The summed E-state index contributed by atoms with van der Waals surface area (Å²) in [6.45, 7) is 1.89. The van der Waals surface area contributed by atoms with Crippen LogP contribution in [0.25, 0.3) is 0 Å². The molecule has 1 aromatic carbocycles. The molecule has 0 bridgehead atoms. The van der Waals surface area contributed by atoms with Gasteiger partial charge in [-0.3, -0.25) is 9.48 Å². The lowest BCUT2D eigenvalue weighted by Gasteiger charge is -2.33. The Bertz CT molecular complexity index is 641. The molecule has 5 heteroatoms. The average molecular weight is 315 g/mol. The molecule has 1 atom stereocenters. The number of carbonyl (C=O) groups excluding carboxylic acids is 1. The standard InChI is InChI=1S/C18H22FN3O/c19-17-7-2-1-6-16(17)9-8-15-5-3-11-21(13-15)18(23)14-22-12-4-10-20-22/h1-2,4,6-7,10,12,15H,3,5,8-9,11,13-14H2/t15-/m1/s1. The Morgan fingerprint density at radius 2 is 2.17 bits per heavy atom. The van der Waals surface area contributed by atoms with Gasteiger partial charge in [0.05, 0.1) is 0 Å². The number of aromatic nitrogens is 2. The van der Waals surface area contributed by atoms with Crippen LogP contribution in [-0.4, -0.2) is 33.7 Å². The fraction of sp³-hybridized carbons (Fsp3) is 0.444. The van der Waals surface area contributed by atoms with Crippen LogP contribution in [0.1, 0.15) is 24.8 Å². The van der Waals surface area contributed by atoms with Crippen LogP contribution in [0.3, 0.4) is 0 Å². The predicted molar refractivity (Wildman–Crippen MR) is 86.3 cm³/mol. The monoisotopic (exact) mass is 315 g/mol. The number of amides is 1. The van der Waals surface area contributed by atoms with Crippen LogP contribution in [0.5, 0.6) is 0 Å². The summed E-state index contributed by atoms with van der Waals surface area (Å²) >= 11 is 0. The van der Waals surface area contributed by atoms with Gasteiger partial charge in [0, 0.05) is 25.5 Å². The number of carbonyl (C=O) groups is 1. The fourth-order valence-corrected chi connectivity index (χ4v) is 3.22. The van der Waals surface area contributed by atoms with Gasteiger partial charge >= 0.3 is 0 Å². The van der Waals surface area contributed by atoms with E-state index >= 15 is 0 Å². The third-order valence-electron chi connectivity index (χ3n) is 4.51. The van der Waals surface area contributed by atoms with Crippen molar-refractivity contribution in [3.8, 4) is 0 Å². The zero-order valence-electron chi connectivity index (χ0n) is 13.2. The number of rotatable bonds is 5. The van der Waals surface area contributed by atoms with E-state index in [1.165, 1.54) is 6.07 Å². The highest BCUT2D eigenvalue weighted by Gasteiger charge is 2.23. The Hall–Kier alpha value is -2.17. The summed E-state index contributed by atoms with van der Waals surface area (Å²) in [5.74, 6) is 0.434. The maximum Gasteiger partial charge on any atom is 0.244 e. The van der Waals surface area contributed by atoms with Crippen molar-refractivity contribution < 1.29 is 9.18 Å². The number of hydrogen-bond acceptors (Lipinski definition) is 2. The van der Waals surface area contributed by atoms with Gasteiger partial charge in [0.15, 0.2) is 0 Å². The summed E-state index contributed by atoms with van der Waals surface area (Å²) in [4.78, 5) is 14.3. The van der Waals surface area contributed by atoms with Gasteiger partial charge < -0.3 is 4.90 Å². The number of aryl methyl sites for hydroxylation is 1. The van der Waals surface area contributed by atoms with Crippen LogP contribution in [-0.2, 0) is 17.8 Å². The Labute approximate surface area is 135 Å². The lowest BCUT2D eigenvalue weighted by Crippen LogP contribution is -2.41. The molecule has 0 N–H and O–H groups in total. The molecule has 122 valence electrons. The average Bonchev–Trinajstić information content (AvgIpc) is 3.07. The Balaban J connectivity index is 1.52. The molecule has 1 aliphatic rings. The first-order valence-electron chi connectivity index (χ1n) is 8.21. The molecule has 2 heterocycles. The second kappa shape index (κ2) is 7.40. The molecule has 0 spiro atoms. The van der Waals surface area contributed by atoms with Gasteiger partial charge in [-0.05, 0) is 49.3 Å². The first-order chi connectivity index (χ1) is 11.2. The molecule has 1 aromatic heterocycles. The lowest BCUT2D eigenvalue weighted by molar-refractivity contribution is -0.133. The SMILES string of the molecule is O=C(Cn1cccn1)N1CCC[C@H](CCc2ccccc2F)C1. The minimum atomic E-state index is -0.130. The number of benzene rings is 1. The minimum Gasteiger partial charge on any atom is -0.341 e. The molecular formula is C18H22FN3O. The molecule has 2 aromatic rings. The molecule has 23 heavy (non-hydrogen) atoms. The lowest BCUT2D eigenvalue weighted by atomic mass is 9.91. The van der Waals surface area contributed by atoms with E-state index in [9.17, 15) is 9.18 Å². The molecule has 0 saturated carbocycles. The molecule has 0 aliphatic carbocycles. The minimum absolute atomic E-state index is 0.115. The van der Waals surface area contributed by atoms with E-state index in [4.69, 9.17) is 0 Å². The smallest absolute Gasteiger partial charge is 0.244 e. The second-order valence-electron chi connectivity index (χ2n) is 6.18. The normalized spacial score (nSPS) is 18.1. The third-order valence-corrected chi connectivity index (χ3v) is 4.51. The van der Waals surface area contributed by atoms with E-state index in [-0.39, 0.29) is 11.7 Å². The van der Waals surface area contributed by atoms with E-state index in [1.54, 1.807) is 23.1 Å². The molecule has 1 aliphatic heterocycles. The van der Waals surface area contributed by atoms with Gasteiger partial charge in [-0.1, -0.05) is 18.2 Å². The summed E-state index contributed by atoms with van der Waals surface area (Å²) in [6.07, 6.45) is 7.27. The zero-order valence-corrected chi connectivity index (χ0v) is 13.2. The van der Waals surface area contributed by atoms with E-state index in [2.05, 4.69) is 5.10 Å². The van der Waals surface area contributed by atoms with Gasteiger partial charge in [0.1, 0.15) is 12.4 Å². The summed E-state index contributed by atoms with van der Waals surface area (Å²) in [5, 5.41) is 4.08. The molecule has 4 nitrogen and oxygen atoms in total. The topological polar surface area (TPSA) is 38.1 Å². The summed E-state index contributed by atoms with van der Waals surface area (Å²) in [5.41, 5.74) is 0.771. The molecule has 0 unspecified atom stereocenters. The molecule has 1 fully saturated rings. The fourth-order valence-electron chi connectivity index (χ4n) is 3.22. The van der Waals surface area contributed by atoms with Gasteiger partial charge in [-0.15, -0.1) is 0 Å². The van der Waals surface area contributed by atoms with Crippen LogP contribution < -0.4 is 0 Å². The highest BCUT2D eigenvalue weighted by Crippen LogP contribution is 2.22. The molecule has 1 amide bonds. The van der Waals surface area contributed by atoms with Crippen LogP contribution >= 0.6 is 0 Å². The molecular weight excluding hydrogens is 293 g/mol. The van der Waals surface area contributed by atoms with E-state index in [0.29, 0.717) is 12.5 Å². The van der Waals surface area contributed by atoms with E-state index in [0.717, 1.165) is 44.3 Å². The van der Waals surface area contributed by atoms with Gasteiger partial charge in [0.2, 0.25) is 5.91 Å². The highest BCUT2D eigenvalue weighted by atomic mass is 19.1. The number of likely N-dealkylation sites (tertiary alicyclic amines) is 1. The van der Waals surface area contributed by atoms with E-state index < -0.39 is 0 Å². The van der Waals surface area contributed by atoms with Crippen molar-refractivity contribution in [2.75, 3.05) is 13.1 Å². The van der Waals surface area contributed by atoms with Crippen molar-refractivity contribution >= 4 is 5.91 Å². The Morgan fingerprint density at radius 3 is 2.96 bits per heavy atom. The first kappa shape index (κ1) is 15.7. The van der Waals surface area contributed by atoms with Crippen LogP contribution in [0.4, 0.5) is 4.39 Å². The summed E-state index contributed by atoms with van der Waals surface area (Å²) in [7, 11) is 0. The van der Waals surface area contributed by atoms with Crippen LogP contribution in [0, 0.1) is 11.7 Å². The Morgan fingerprint density at radius 1 is 1.30 bits per heavy atom. The van der Waals surface area contributed by atoms with Gasteiger partial charge in [0.25, 0.3) is 0 Å². The quantitative estimate of drug-likeness (QED) is 0.851. The summed E-state index contributed by atoms with van der Waals surface area (Å²) in [6, 6.07) is 8.77. The Kier molecular flexibility index (Phi) is 5.05.